The summed E-state index contributed by atoms with van der Waals surface area (Å²) in [6, 6.07) is 9.97. The molecule has 8 nitrogen and oxygen atoms in total. The number of phenols is 1. The number of hydrogen-bond donors (Lipinski definition) is 2. The van der Waals surface area contributed by atoms with Gasteiger partial charge in [-0.05, 0) is 24.3 Å². The summed E-state index contributed by atoms with van der Waals surface area (Å²) in [4.78, 5) is 22.0. The molecule has 0 unspecified atom stereocenters. The monoisotopic (exact) mass is 315 g/mol. The quantitative estimate of drug-likeness (QED) is 0.498. The number of hydrazone groups is 1. The van der Waals surface area contributed by atoms with Gasteiger partial charge in [-0.25, -0.2) is 5.43 Å². The lowest BCUT2D eigenvalue weighted by molar-refractivity contribution is -0.384. The van der Waals surface area contributed by atoms with E-state index in [1.165, 1.54) is 25.3 Å². The van der Waals surface area contributed by atoms with Crippen LogP contribution in [0.1, 0.15) is 15.9 Å². The van der Waals surface area contributed by atoms with Crippen LogP contribution >= 0.6 is 0 Å². The van der Waals surface area contributed by atoms with Crippen LogP contribution < -0.4 is 10.2 Å². The molecular weight excluding hydrogens is 302 g/mol. The van der Waals surface area contributed by atoms with Gasteiger partial charge in [-0.3, -0.25) is 14.9 Å². The first-order valence-electron chi connectivity index (χ1n) is 6.46. The number of carbonyl (C=O) groups is 1. The topological polar surface area (TPSA) is 114 Å². The van der Waals surface area contributed by atoms with Crippen molar-refractivity contribution in [1.29, 1.82) is 0 Å². The Morgan fingerprint density at radius 1 is 1.35 bits per heavy atom. The highest BCUT2D eigenvalue weighted by Crippen LogP contribution is 2.21. The molecule has 8 heteroatoms. The Labute approximate surface area is 131 Å². The summed E-state index contributed by atoms with van der Waals surface area (Å²) in [6.07, 6.45) is 1.13. The van der Waals surface area contributed by atoms with Gasteiger partial charge >= 0.3 is 0 Å². The van der Waals surface area contributed by atoms with E-state index in [0.29, 0.717) is 11.3 Å². The van der Waals surface area contributed by atoms with E-state index in [0.717, 1.165) is 12.3 Å². The number of hydrogen-bond acceptors (Lipinski definition) is 6. The Morgan fingerprint density at radius 2 is 2.13 bits per heavy atom. The van der Waals surface area contributed by atoms with Gasteiger partial charge in [0.05, 0.1) is 18.2 Å². The lowest BCUT2D eigenvalue weighted by Crippen LogP contribution is -2.17. The number of benzene rings is 2. The van der Waals surface area contributed by atoms with Crippen LogP contribution in [0, 0.1) is 10.1 Å². The fraction of sp³-hybridized carbons (Fsp3) is 0.0667. The summed E-state index contributed by atoms with van der Waals surface area (Å²) in [5, 5.41) is 24.0. The molecule has 0 spiro atoms. The number of rotatable bonds is 5. The molecule has 0 aliphatic carbocycles. The van der Waals surface area contributed by atoms with E-state index >= 15 is 0 Å². The van der Waals surface area contributed by atoms with Gasteiger partial charge in [0.2, 0.25) is 0 Å². The largest absolute Gasteiger partial charge is 0.507 e. The Kier molecular flexibility index (Phi) is 4.88. The number of aromatic hydroxyl groups is 1. The number of methoxy groups -OCH3 is 1. The molecule has 0 saturated carbocycles. The smallest absolute Gasteiger partial charge is 0.271 e. The third kappa shape index (κ3) is 4.03. The summed E-state index contributed by atoms with van der Waals surface area (Å²) in [5.74, 6) is -0.141. The normalized spacial score (nSPS) is 10.5. The molecule has 0 fully saturated rings. The van der Waals surface area contributed by atoms with Crippen molar-refractivity contribution in [2.24, 2.45) is 5.10 Å². The van der Waals surface area contributed by atoms with Crippen molar-refractivity contribution < 1.29 is 19.6 Å². The van der Waals surface area contributed by atoms with Crippen molar-refractivity contribution in [2.45, 2.75) is 0 Å². The first-order valence-corrected chi connectivity index (χ1v) is 6.46. The number of ether oxygens (including phenoxy) is 1. The van der Waals surface area contributed by atoms with E-state index in [1.54, 1.807) is 18.2 Å². The van der Waals surface area contributed by atoms with E-state index in [-0.39, 0.29) is 17.0 Å². The third-order valence-electron chi connectivity index (χ3n) is 2.92. The Bertz CT molecular complexity index is 773. The maximum atomic E-state index is 11.9. The first kappa shape index (κ1) is 16.0. The second kappa shape index (κ2) is 7.03. The Balaban J connectivity index is 2.10. The lowest BCUT2D eigenvalue weighted by Gasteiger charge is -2.03. The van der Waals surface area contributed by atoms with E-state index < -0.39 is 10.8 Å². The van der Waals surface area contributed by atoms with Crippen LogP contribution in [0.5, 0.6) is 11.5 Å². The SMILES string of the molecule is COc1cccc(C(=O)N/N=C/c2cc([N+](=O)[O-])ccc2O)c1. The minimum Gasteiger partial charge on any atom is -0.507 e. The molecule has 0 heterocycles. The van der Waals surface area contributed by atoms with E-state index in [2.05, 4.69) is 10.5 Å². The predicted octanol–water partition coefficient (Wildman–Crippen LogP) is 2.07. The highest BCUT2D eigenvalue weighted by atomic mass is 16.6. The summed E-state index contributed by atoms with van der Waals surface area (Å²) in [5.41, 5.74) is 2.53. The third-order valence-corrected chi connectivity index (χ3v) is 2.92. The molecule has 2 rings (SSSR count). The van der Waals surface area contributed by atoms with Gasteiger partial charge in [-0.2, -0.15) is 5.10 Å². The molecule has 2 aromatic rings. The van der Waals surface area contributed by atoms with Gasteiger partial charge in [0.25, 0.3) is 11.6 Å². The van der Waals surface area contributed by atoms with Crippen LogP contribution in [0.3, 0.4) is 0 Å². The number of nitrogens with zero attached hydrogens (tertiary/aromatic N) is 2. The first-order chi connectivity index (χ1) is 11.0. The Morgan fingerprint density at radius 3 is 2.83 bits per heavy atom. The van der Waals surface area contributed by atoms with Crippen LogP contribution in [0.2, 0.25) is 0 Å². The molecule has 2 N–H and O–H groups in total. The van der Waals surface area contributed by atoms with Crippen LogP contribution in [0.25, 0.3) is 0 Å². The molecule has 2 aromatic carbocycles. The van der Waals surface area contributed by atoms with E-state index in [4.69, 9.17) is 4.74 Å². The van der Waals surface area contributed by atoms with Gasteiger partial charge in [-0.15, -0.1) is 0 Å². The van der Waals surface area contributed by atoms with Gasteiger partial charge < -0.3 is 9.84 Å². The van der Waals surface area contributed by atoms with Gasteiger partial charge in [0.15, 0.2) is 0 Å². The Hall–Kier alpha value is -3.42. The number of nitro groups is 1. The van der Waals surface area contributed by atoms with Gasteiger partial charge in [-0.1, -0.05) is 6.07 Å². The fourth-order valence-electron chi connectivity index (χ4n) is 1.75. The maximum absolute atomic E-state index is 11.9. The number of phenolic OH excluding ortho intramolecular Hbond substituents is 1. The summed E-state index contributed by atoms with van der Waals surface area (Å²) in [7, 11) is 1.49. The number of non-ortho nitro benzene ring substituents is 1. The number of nitro benzene ring substituents is 1. The van der Waals surface area contributed by atoms with Gasteiger partial charge in [0, 0.05) is 23.3 Å². The molecule has 0 bridgehead atoms. The number of nitrogens with one attached hydrogen (secondary N) is 1. The minimum atomic E-state index is -0.592. The van der Waals surface area contributed by atoms with Crippen molar-refractivity contribution in [1.82, 2.24) is 5.43 Å². The summed E-state index contributed by atoms with van der Waals surface area (Å²) >= 11 is 0. The highest BCUT2D eigenvalue weighted by molar-refractivity contribution is 5.95. The second-order valence-corrected chi connectivity index (χ2v) is 4.43. The zero-order chi connectivity index (χ0) is 16.8. The average molecular weight is 315 g/mol. The highest BCUT2D eigenvalue weighted by Gasteiger charge is 2.09. The summed E-state index contributed by atoms with van der Waals surface area (Å²) < 4.78 is 5.01. The zero-order valence-electron chi connectivity index (χ0n) is 12.1. The van der Waals surface area contributed by atoms with Crippen molar-refractivity contribution >= 4 is 17.8 Å². The van der Waals surface area contributed by atoms with Crippen LogP contribution in [0.4, 0.5) is 5.69 Å². The molecule has 118 valence electrons. The van der Waals surface area contributed by atoms with Crippen molar-refractivity contribution in [3.05, 3.63) is 63.7 Å². The lowest BCUT2D eigenvalue weighted by atomic mass is 10.2. The molecule has 0 aliphatic heterocycles. The maximum Gasteiger partial charge on any atom is 0.271 e. The molecule has 0 atom stereocenters. The van der Waals surface area contributed by atoms with Crippen LogP contribution in [0.15, 0.2) is 47.6 Å². The molecule has 23 heavy (non-hydrogen) atoms. The molecule has 1 amide bonds. The fourth-order valence-corrected chi connectivity index (χ4v) is 1.75. The van der Waals surface area contributed by atoms with Crippen LogP contribution in [-0.4, -0.2) is 29.3 Å². The molecule has 0 aliphatic rings. The van der Waals surface area contributed by atoms with E-state index in [1.807, 2.05) is 0 Å². The van der Waals surface area contributed by atoms with Crippen LogP contribution in [-0.2, 0) is 0 Å². The van der Waals surface area contributed by atoms with Crippen molar-refractivity contribution in [3.63, 3.8) is 0 Å². The predicted molar refractivity (Wildman–Crippen MR) is 82.8 cm³/mol. The van der Waals surface area contributed by atoms with E-state index in [9.17, 15) is 20.0 Å². The van der Waals surface area contributed by atoms with Crippen molar-refractivity contribution in [3.8, 4) is 11.5 Å². The van der Waals surface area contributed by atoms with Crippen molar-refractivity contribution in [2.75, 3.05) is 7.11 Å². The summed E-state index contributed by atoms with van der Waals surface area (Å²) in [6.45, 7) is 0. The second-order valence-electron chi connectivity index (χ2n) is 4.43. The van der Waals surface area contributed by atoms with Gasteiger partial charge in [0.1, 0.15) is 11.5 Å². The number of amides is 1. The molecule has 0 radical (unpaired) electrons. The molecule has 0 saturated heterocycles. The zero-order valence-corrected chi connectivity index (χ0v) is 12.1. The molecule has 0 aromatic heterocycles. The average Bonchev–Trinajstić information content (AvgIpc) is 2.56. The molecular formula is C15H13N3O5. The number of carbonyl (C=O) groups excluding carboxylic acids is 1. The standard InChI is InChI=1S/C15H13N3O5/c1-23-13-4-2-3-10(8-13)15(20)17-16-9-11-7-12(18(21)22)5-6-14(11)19/h2-9,19H,1H3,(H,17,20)/b16-9+. The minimum absolute atomic E-state index is 0.116.